The second kappa shape index (κ2) is 9.02. The minimum absolute atomic E-state index is 0.0588. The Morgan fingerprint density at radius 2 is 2.06 bits per heavy atom. The summed E-state index contributed by atoms with van der Waals surface area (Å²) in [6.45, 7) is 3.49. The van der Waals surface area contributed by atoms with E-state index in [4.69, 9.17) is 14.6 Å². The molecule has 13 heteroatoms. The van der Waals surface area contributed by atoms with Gasteiger partial charge in [0.25, 0.3) is 12.4 Å². The second-order valence-corrected chi connectivity index (χ2v) is 8.21. The van der Waals surface area contributed by atoms with Crippen molar-refractivity contribution in [2.24, 2.45) is 0 Å². The highest BCUT2D eigenvalue weighted by Crippen LogP contribution is 2.44. The Morgan fingerprint density at radius 1 is 1.34 bits per heavy atom. The first-order valence-corrected chi connectivity index (χ1v) is 10.6. The highest BCUT2D eigenvalue weighted by molar-refractivity contribution is 5.93. The first kappa shape index (κ1) is 21.9. The minimum Gasteiger partial charge on any atom is -0.483 e. The van der Waals surface area contributed by atoms with E-state index in [1.807, 2.05) is 16.7 Å². The van der Waals surface area contributed by atoms with Crippen LogP contribution in [0.3, 0.4) is 0 Å². The van der Waals surface area contributed by atoms with Crippen molar-refractivity contribution in [1.82, 2.24) is 40.2 Å². The number of hydrogen-bond acceptors (Lipinski definition) is 8. The van der Waals surface area contributed by atoms with Gasteiger partial charge in [0.15, 0.2) is 5.82 Å². The number of rotatable bonds is 3. The molecule has 13 nitrogen and oxygen atoms in total. The highest BCUT2D eigenvalue weighted by atomic mass is 16.5. The van der Waals surface area contributed by atoms with Gasteiger partial charge in [-0.2, -0.15) is 9.78 Å². The number of nitrogens with one attached hydrogen (secondary N) is 1. The standard InChI is InChI=1S/C18H24N8O3.CH2O2/c1-2-16(27)24-5-6-29-18(10-24)8-12-3-4-13(9-18)26(12)17(28)14-7-15(21-20-14)25-11-19-22-23-25;2-1-3/h7,11-13H,2-6,8-10H2,1H3,(H,20,21);1H,(H,2,3)/t12-,13+,18?;. The van der Waals surface area contributed by atoms with E-state index in [2.05, 4.69) is 25.7 Å². The van der Waals surface area contributed by atoms with E-state index in [0.717, 1.165) is 25.7 Å². The number of amides is 2. The fourth-order valence-electron chi connectivity index (χ4n) is 5.11. The lowest BCUT2D eigenvalue weighted by molar-refractivity contribution is -0.163. The maximum absolute atomic E-state index is 13.2. The maximum atomic E-state index is 13.2. The van der Waals surface area contributed by atoms with E-state index in [9.17, 15) is 9.59 Å². The van der Waals surface area contributed by atoms with Crippen molar-refractivity contribution in [3.05, 3.63) is 18.1 Å². The SMILES string of the molecule is CCC(=O)N1CCOC2(C[C@H]3CC[C@@H](C2)N3C(=O)c2cc(-n3cnnn3)n[nH]2)C1.O=CO. The molecule has 1 unspecified atom stereocenters. The molecule has 172 valence electrons. The number of tetrazole rings is 1. The zero-order chi connectivity index (χ0) is 22.7. The zero-order valence-corrected chi connectivity index (χ0v) is 17.8. The maximum Gasteiger partial charge on any atom is 0.290 e. The molecule has 0 aromatic carbocycles. The molecular formula is C19H26N8O5. The fourth-order valence-corrected chi connectivity index (χ4v) is 5.11. The summed E-state index contributed by atoms with van der Waals surface area (Å²) in [6.07, 6.45) is 5.38. The van der Waals surface area contributed by atoms with Gasteiger partial charge in [0, 0.05) is 37.7 Å². The molecule has 0 radical (unpaired) electrons. The van der Waals surface area contributed by atoms with Crippen LogP contribution in [0.1, 0.15) is 49.5 Å². The Balaban J connectivity index is 0.000000775. The van der Waals surface area contributed by atoms with E-state index < -0.39 is 0 Å². The number of ether oxygens (including phenoxy) is 1. The molecule has 3 atom stereocenters. The zero-order valence-electron chi connectivity index (χ0n) is 17.8. The average molecular weight is 446 g/mol. The molecule has 2 N–H and O–H groups in total. The first-order chi connectivity index (χ1) is 15.5. The van der Waals surface area contributed by atoms with Crippen LogP contribution in [0.5, 0.6) is 0 Å². The highest BCUT2D eigenvalue weighted by Gasteiger charge is 2.52. The second-order valence-electron chi connectivity index (χ2n) is 8.21. The molecule has 2 bridgehead atoms. The normalized spacial score (nSPS) is 26.5. The number of piperidine rings is 1. The minimum atomic E-state index is -0.336. The number of aromatic amines is 1. The van der Waals surface area contributed by atoms with Crippen LogP contribution in [0.25, 0.3) is 5.82 Å². The Labute approximate surface area is 183 Å². The van der Waals surface area contributed by atoms with Crippen molar-refractivity contribution in [3.63, 3.8) is 0 Å². The number of morpholine rings is 1. The van der Waals surface area contributed by atoms with Gasteiger partial charge in [0.2, 0.25) is 5.91 Å². The molecule has 1 spiro atoms. The fraction of sp³-hybridized carbons (Fsp3) is 0.632. The summed E-state index contributed by atoms with van der Waals surface area (Å²) >= 11 is 0. The van der Waals surface area contributed by atoms with E-state index in [-0.39, 0.29) is 36.0 Å². The predicted octanol–water partition coefficient (Wildman–Crippen LogP) is -0.139. The molecule has 0 saturated carbocycles. The summed E-state index contributed by atoms with van der Waals surface area (Å²) in [5.41, 5.74) is 0.0905. The van der Waals surface area contributed by atoms with Gasteiger partial charge in [0.05, 0.1) is 12.2 Å². The monoisotopic (exact) mass is 446 g/mol. The number of fused-ring (bicyclic) bond motifs is 2. The van der Waals surface area contributed by atoms with Gasteiger partial charge in [-0.3, -0.25) is 19.5 Å². The van der Waals surface area contributed by atoms with Crippen LogP contribution < -0.4 is 0 Å². The van der Waals surface area contributed by atoms with Crippen LogP contribution in [0.4, 0.5) is 0 Å². The van der Waals surface area contributed by atoms with Crippen LogP contribution in [0.2, 0.25) is 0 Å². The number of aromatic nitrogens is 6. The lowest BCUT2D eigenvalue weighted by Gasteiger charge is -2.50. The van der Waals surface area contributed by atoms with Crippen molar-refractivity contribution in [2.45, 2.75) is 56.7 Å². The third-order valence-electron chi connectivity index (χ3n) is 6.35. The van der Waals surface area contributed by atoms with Gasteiger partial charge in [-0.1, -0.05) is 6.92 Å². The van der Waals surface area contributed by atoms with Crippen LogP contribution in [0.15, 0.2) is 12.4 Å². The molecule has 3 saturated heterocycles. The summed E-state index contributed by atoms with van der Waals surface area (Å²) < 4.78 is 7.63. The summed E-state index contributed by atoms with van der Waals surface area (Å²) in [7, 11) is 0. The van der Waals surface area contributed by atoms with Crippen molar-refractivity contribution >= 4 is 18.3 Å². The molecule has 5 rings (SSSR count). The third kappa shape index (κ3) is 4.07. The van der Waals surface area contributed by atoms with Gasteiger partial charge >= 0.3 is 0 Å². The number of H-pyrrole nitrogens is 1. The number of carbonyl (C=O) groups is 3. The first-order valence-electron chi connectivity index (χ1n) is 10.6. The van der Waals surface area contributed by atoms with Gasteiger partial charge in [0.1, 0.15) is 12.0 Å². The van der Waals surface area contributed by atoms with Crippen LogP contribution in [-0.2, 0) is 14.3 Å². The van der Waals surface area contributed by atoms with E-state index in [1.165, 1.54) is 11.0 Å². The van der Waals surface area contributed by atoms with Crippen molar-refractivity contribution in [2.75, 3.05) is 19.7 Å². The smallest absolute Gasteiger partial charge is 0.290 e. The topological polar surface area (TPSA) is 159 Å². The van der Waals surface area contributed by atoms with Crippen molar-refractivity contribution < 1.29 is 24.2 Å². The predicted molar refractivity (Wildman–Crippen MR) is 108 cm³/mol. The molecule has 0 aliphatic carbocycles. The van der Waals surface area contributed by atoms with Gasteiger partial charge in [-0.05, 0) is 36.1 Å². The summed E-state index contributed by atoms with van der Waals surface area (Å²) in [5.74, 6) is 0.589. The van der Waals surface area contributed by atoms with E-state index >= 15 is 0 Å². The molecule has 32 heavy (non-hydrogen) atoms. The Morgan fingerprint density at radius 3 is 2.69 bits per heavy atom. The molecule has 2 aromatic rings. The van der Waals surface area contributed by atoms with E-state index in [0.29, 0.717) is 37.6 Å². The van der Waals surface area contributed by atoms with Crippen LogP contribution >= 0.6 is 0 Å². The van der Waals surface area contributed by atoms with Gasteiger partial charge < -0.3 is 19.6 Å². The molecular weight excluding hydrogens is 420 g/mol. The summed E-state index contributed by atoms with van der Waals surface area (Å²) in [4.78, 5) is 37.7. The number of nitrogens with zero attached hydrogens (tertiary/aromatic N) is 7. The lowest BCUT2D eigenvalue weighted by Crippen LogP contribution is -2.61. The average Bonchev–Trinajstić information content (AvgIpc) is 3.53. The van der Waals surface area contributed by atoms with Crippen LogP contribution in [0, 0.1) is 0 Å². The summed E-state index contributed by atoms with van der Waals surface area (Å²) in [6, 6.07) is 1.89. The molecule has 3 aliphatic rings. The van der Waals surface area contributed by atoms with Gasteiger partial charge in [-0.25, -0.2) is 0 Å². The molecule has 3 fully saturated rings. The van der Waals surface area contributed by atoms with Crippen molar-refractivity contribution in [3.8, 4) is 5.82 Å². The molecule has 2 aromatic heterocycles. The lowest BCUT2D eigenvalue weighted by atomic mass is 9.84. The largest absolute Gasteiger partial charge is 0.483 e. The number of carboxylic acid groups (broad SMARTS) is 1. The number of carbonyl (C=O) groups excluding carboxylic acids is 2. The Hall–Kier alpha value is -3.35. The Kier molecular flexibility index (Phi) is 6.17. The molecule has 2 amide bonds. The van der Waals surface area contributed by atoms with E-state index in [1.54, 1.807) is 6.07 Å². The van der Waals surface area contributed by atoms with Crippen molar-refractivity contribution in [1.29, 1.82) is 0 Å². The molecule has 3 aliphatic heterocycles. The quantitative estimate of drug-likeness (QED) is 0.612. The van der Waals surface area contributed by atoms with Crippen LogP contribution in [-0.4, -0.2) is 101 Å². The summed E-state index contributed by atoms with van der Waals surface area (Å²) in [5, 5.41) is 24.8. The van der Waals surface area contributed by atoms with Gasteiger partial charge in [-0.15, -0.1) is 5.10 Å². The Bertz CT molecular complexity index is 947. The number of hydrogen-bond donors (Lipinski definition) is 2. The molecule has 5 heterocycles. The third-order valence-corrected chi connectivity index (χ3v) is 6.35.